The fourth-order valence-corrected chi connectivity index (χ4v) is 6.79. The number of amides is 1. The molecule has 0 aromatic carbocycles. The molecule has 3 saturated carbocycles. The third-order valence-corrected chi connectivity index (χ3v) is 9.53. The SMILES string of the molecule is Cc1c(Cl)nc(C2CC2)nc1N1CC(C2CCCCN(C(=O)C3CCCC4(CC4)C3)C2)C1. The van der Waals surface area contributed by atoms with E-state index in [0.29, 0.717) is 40.1 Å². The van der Waals surface area contributed by atoms with Crippen LogP contribution in [0, 0.1) is 30.1 Å². The fourth-order valence-electron chi connectivity index (χ4n) is 6.62. The van der Waals surface area contributed by atoms with E-state index in [1.807, 2.05) is 6.92 Å². The van der Waals surface area contributed by atoms with Crippen LogP contribution in [0.3, 0.4) is 0 Å². The summed E-state index contributed by atoms with van der Waals surface area (Å²) in [4.78, 5) is 27.6. The number of halogens is 1. The van der Waals surface area contributed by atoms with Gasteiger partial charge in [0.1, 0.15) is 16.8 Å². The molecule has 1 aromatic heterocycles. The first-order chi connectivity index (χ1) is 15.5. The van der Waals surface area contributed by atoms with Gasteiger partial charge in [-0.3, -0.25) is 4.79 Å². The van der Waals surface area contributed by atoms with Crippen molar-refractivity contribution in [3.63, 3.8) is 0 Å². The summed E-state index contributed by atoms with van der Waals surface area (Å²) in [6.07, 6.45) is 13.7. The zero-order chi connectivity index (χ0) is 21.9. The maximum Gasteiger partial charge on any atom is 0.225 e. The summed E-state index contributed by atoms with van der Waals surface area (Å²) in [7, 11) is 0. The number of carbonyl (C=O) groups excluding carboxylic acids is 1. The van der Waals surface area contributed by atoms with Crippen molar-refractivity contribution in [1.82, 2.24) is 14.9 Å². The lowest BCUT2D eigenvalue weighted by atomic mass is 9.78. The van der Waals surface area contributed by atoms with E-state index in [-0.39, 0.29) is 0 Å². The largest absolute Gasteiger partial charge is 0.356 e. The van der Waals surface area contributed by atoms with Gasteiger partial charge in [0.05, 0.1) is 0 Å². The van der Waals surface area contributed by atoms with Gasteiger partial charge in [-0.15, -0.1) is 0 Å². The van der Waals surface area contributed by atoms with Crippen molar-refractivity contribution in [2.75, 3.05) is 31.1 Å². The Morgan fingerprint density at radius 1 is 0.969 bits per heavy atom. The van der Waals surface area contributed by atoms with Crippen molar-refractivity contribution in [2.45, 2.75) is 83.5 Å². The van der Waals surface area contributed by atoms with Crippen molar-refractivity contribution < 1.29 is 4.79 Å². The Labute approximate surface area is 197 Å². The van der Waals surface area contributed by atoms with Gasteiger partial charge in [-0.05, 0) is 82.0 Å². The Bertz CT molecular complexity index is 890. The number of nitrogens with zero attached hydrogens (tertiary/aromatic N) is 4. The van der Waals surface area contributed by atoms with Crippen LogP contribution in [0.1, 0.15) is 87.9 Å². The highest BCUT2D eigenvalue weighted by Crippen LogP contribution is 2.57. The standard InChI is InChI=1S/C26H37ClN4O/c1-17-22(27)28-23(18-7-8-18)29-24(17)31-15-21(16-31)20-5-2-3-12-30(14-20)25(32)19-6-4-9-26(13-19)10-11-26/h18-21H,2-16H2,1H3. The second-order valence-corrected chi connectivity index (χ2v) is 12.0. The molecule has 174 valence electrons. The van der Waals surface area contributed by atoms with Crippen molar-refractivity contribution in [2.24, 2.45) is 23.2 Å². The molecule has 2 unspecified atom stereocenters. The number of anilines is 1. The molecule has 0 radical (unpaired) electrons. The lowest BCUT2D eigenvalue weighted by Crippen LogP contribution is -2.53. The molecule has 32 heavy (non-hydrogen) atoms. The summed E-state index contributed by atoms with van der Waals surface area (Å²) in [6, 6.07) is 0. The number of hydrogen-bond donors (Lipinski definition) is 0. The van der Waals surface area contributed by atoms with Crippen LogP contribution >= 0.6 is 11.6 Å². The predicted octanol–water partition coefficient (Wildman–Crippen LogP) is 5.35. The molecule has 2 aliphatic heterocycles. The molecule has 0 bridgehead atoms. The Kier molecular flexibility index (Phi) is 5.39. The van der Waals surface area contributed by atoms with E-state index in [2.05, 4.69) is 14.8 Å². The maximum absolute atomic E-state index is 13.5. The summed E-state index contributed by atoms with van der Waals surface area (Å²) < 4.78 is 0. The number of rotatable bonds is 4. The quantitative estimate of drug-likeness (QED) is 0.573. The third kappa shape index (κ3) is 4.03. The molecule has 6 rings (SSSR count). The van der Waals surface area contributed by atoms with Gasteiger partial charge in [0, 0.05) is 43.6 Å². The van der Waals surface area contributed by atoms with E-state index in [9.17, 15) is 4.79 Å². The van der Waals surface area contributed by atoms with E-state index < -0.39 is 0 Å². The molecule has 3 heterocycles. The molecule has 1 amide bonds. The van der Waals surface area contributed by atoms with E-state index in [0.717, 1.165) is 49.8 Å². The lowest BCUT2D eigenvalue weighted by Gasteiger charge is -2.45. The van der Waals surface area contributed by atoms with E-state index >= 15 is 0 Å². The third-order valence-electron chi connectivity index (χ3n) is 9.16. The molecule has 5 nitrogen and oxygen atoms in total. The van der Waals surface area contributed by atoms with Gasteiger partial charge in [0.15, 0.2) is 0 Å². The maximum atomic E-state index is 13.5. The highest BCUT2D eigenvalue weighted by atomic mass is 35.5. The van der Waals surface area contributed by atoms with Crippen LogP contribution in [0.25, 0.3) is 0 Å². The van der Waals surface area contributed by atoms with Crippen LogP contribution in [0.5, 0.6) is 0 Å². The normalized spacial score (nSPS) is 30.2. The second-order valence-electron chi connectivity index (χ2n) is 11.6. The molecule has 2 saturated heterocycles. The summed E-state index contributed by atoms with van der Waals surface area (Å²) in [5.74, 6) is 4.55. The monoisotopic (exact) mass is 456 g/mol. The minimum atomic E-state index is 0.301. The first-order valence-electron chi connectivity index (χ1n) is 13.1. The summed E-state index contributed by atoms with van der Waals surface area (Å²) in [5.41, 5.74) is 1.58. The lowest BCUT2D eigenvalue weighted by molar-refractivity contribution is -0.138. The molecule has 1 spiro atoms. The smallest absolute Gasteiger partial charge is 0.225 e. The topological polar surface area (TPSA) is 49.3 Å². The zero-order valence-electron chi connectivity index (χ0n) is 19.5. The van der Waals surface area contributed by atoms with Gasteiger partial charge in [0.25, 0.3) is 0 Å². The molecule has 5 fully saturated rings. The molecule has 5 aliphatic rings. The van der Waals surface area contributed by atoms with Crippen LogP contribution in [0.2, 0.25) is 5.15 Å². The van der Waals surface area contributed by atoms with E-state index in [1.54, 1.807) is 0 Å². The summed E-state index contributed by atoms with van der Waals surface area (Å²) in [6.45, 7) is 6.07. The van der Waals surface area contributed by atoms with Crippen molar-refractivity contribution in [3.05, 3.63) is 16.5 Å². The van der Waals surface area contributed by atoms with Gasteiger partial charge >= 0.3 is 0 Å². The molecular formula is C26H37ClN4O. The average Bonchev–Trinajstić information content (AvgIpc) is 3.66. The molecule has 2 atom stereocenters. The van der Waals surface area contributed by atoms with E-state index in [1.165, 1.54) is 64.2 Å². The molecule has 3 aliphatic carbocycles. The van der Waals surface area contributed by atoms with Crippen molar-refractivity contribution in [1.29, 1.82) is 0 Å². The van der Waals surface area contributed by atoms with Crippen LogP contribution < -0.4 is 4.90 Å². The average molecular weight is 457 g/mol. The van der Waals surface area contributed by atoms with Crippen molar-refractivity contribution >= 4 is 23.3 Å². The van der Waals surface area contributed by atoms with Gasteiger partial charge < -0.3 is 9.80 Å². The second kappa shape index (κ2) is 8.14. The van der Waals surface area contributed by atoms with Gasteiger partial charge in [0.2, 0.25) is 5.91 Å². The molecule has 6 heteroatoms. The number of carbonyl (C=O) groups is 1. The Hall–Kier alpha value is -1.36. The summed E-state index contributed by atoms with van der Waals surface area (Å²) >= 11 is 6.45. The Morgan fingerprint density at radius 3 is 2.53 bits per heavy atom. The molecular weight excluding hydrogens is 420 g/mol. The molecule has 1 aromatic rings. The number of hydrogen-bond acceptors (Lipinski definition) is 4. The Balaban J connectivity index is 1.10. The van der Waals surface area contributed by atoms with Crippen LogP contribution in [-0.2, 0) is 4.79 Å². The fraction of sp³-hybridized carbons (Fsp3) is 0.808. The zero-order valence-corrected chi connectivity index (χ0v) is 20.2. The highest BCUT2D eigenvalue weighted by Gasteiger charge is 2.48. The minimum Gasteiger partial charge on any atom is -0.356 e. The minimum absolute atomic E-state index is 0.301. The first-order valence-corrected chi connectivity index (χ1v) is 13.5. The number of aromatic nitrogens is 2. The Morgan fingerprint density at radius 2 is 1.78 bits per heavy atom. The van der Waals surface area contributed by atoms with Crippen LogP contribution in [-0.4, -0.2) is 47.0 Å². The van der Waals surface area contributed by atoms with Crippen LogP contribution in [0.15, 0.2) is 0 Å². The van der Waals surface area contributed by atoms with Gasteiger partial charge in [-0.2, -0.15) is 0 Å². The predicted molar refractivity (Wildman–Crippen MR) is 127 cm³/mol. The first kappa shape index (κ1) is 21.2. The molecule has 0 N–H and O–H groups in total. The highest BCUT2D eigenvalue weighted by molar-refractivity contribution is 6.30. The summed E-state index contributed by atoms with van der Waals surface area (Å²) in [5, 5.41) is 0.618. The van der Waals surface area contributed by atoms with Gasteiger partial charge in [-0.1, -0.05) is 24.4 Å². The van der Waals surface area contributed by atoms with Crippen molar-refractivity contribution in [3.8, 4) is 0 Å². The number of likely N-dealkylation sites (tertiary alicyclic amines) is 1. The van der Waals surface area contributed by atoms with Gasteiger partial charge in [-0.25, -0.2) is 9.97 Å². The van der Waals surface area contributed by atoms with Crippen LogP contribution in [0.4, 0.5) is 5.82 Å². The van der Waals surface area contributed by atoms with E-state index in [4.69, 9.17) is 16.6 Å².